The Kier molecular flexibility index (Phi) is 5.73. The molecule has 1 heterocycles. The van der Waals surface area contributed by atoms with Gasteiger partial charge < -0.3 is 26.1 Å². The highest BCUT2D eigenvalue weighted by atomic mass is 16.4. The maximum Gasteiger partial charge on any atom is 0.475 e. The summed E-state index contributed by atoms with van der Waals surface area (Å²) < 4.78 is 0. The molecular formula is C19H22BN3O3. The number of amides is 1. The Hall–Kier alpha value is -2.61. The summed E-state index contributed by atoms with van der Waals surface area (Å²) in [7, 11) is -1.67. The van der Waals surface area contributed by atoms with Gasteiger partial charge >= 0.3 is 7.12 Å². The first kappa shape index (κ1) is 18.2. The van der Waals surface area contributed by atoms with Crippen molar-refractivity contribution in [2.75, 3.05) is 0 Å². The molecular weight excluding hydrogens is 329 g/mol. The third kappa shape index (κ3) is 4.32. The second-order valence-electron chi connectivity index (χ2n) is 6.39. The van der Waals surface area contributed by atoms with Crippen molar-refractivity contribution in [2.24, 2.45) is 5.73 Å². The SMILES string of the molecule is N[C@@H](Cc1c[nH]c2ccccc12)C(=O)N[C@@H](Cc1ccccc1)B(O)O. The summed E-state index contributed by atoms with van der Waals surface area (Å²) in [5, 5.41) is 22.9. The fraction of sp³-hybridized carbons (Fsp3) is 0.211. The van der Waals surface area contributed by atoms with Gasteiger partial charge in [0.05, 0.1) is 12.0 Å². The molecule has 1 amide bonds. The van der Waals surface area contributed by atoms with Crippen molar-refractivity contribution in [3.8, 4) is 0 Å². The average molecular weight is 351 g/mol. The number of hydrogen-bond donors (Lipinski definition) is 5. The minimum atomic E-state index is -1.67. The van der Waals surface area contributed by atoms with Crippen LogP contribution >= 0.6 is 0 Å². The van der Waals surface area contributed by atoms with Crippen LogP contribution in [0.25, 0.3) is 10.9 Å². The normalized spacial score (nSPS) is 13.3. The van der Waals surface area contributed by atoms with E-state index in [9.17, 15) is 14.8 Å². The third-order valence-electron chi connectivity index (χ3n) is 4.44. The van der Waals surface area contributed by atoms with Crippen molar-refractivity contribution in [3.05, 3.63) is 71.9 Å². The molecule has 0 radical (unpaired) electrons. The smallest absolute Gasteiger partial charge is 0.426 e. The molecule has 26 heavy (non-hydrogen) atoms. The number of aromatic nitrogens is 1. The third-order valence-corrected chi connectivity index (χ3v) is 4.44. The van der Waals surface area contributed by atoms with Gasteiger partial charge in [0.25, 0.3) is 0 Å². The van der Waals surface area contributed by atoms with Gasteiger partial charge in [0.2, 0.25) is 5.91 Å². The molecule has 6 nitrogen and oxygen atoms in total. The minimum absolute atomic E-state index is 0.310. The Balaban J connectivity index is 1.65. The molecule has 0 aliphatic rings. The fourth-order valence-electron chi connectivity index (χ4n) is 3.02. The Morgan fingerprint density at radius 2 is 1.77 bits per heavy atom. The number of benzene rings is 2. The highest BCUT2D eigenvalue weighted by Crippen LogP contribution is 2.18. The van der Waals surface area contributed by atoms with E-state index >= 15 is 0 Å². The molecule has 0 aliphatic heterocycles. The van der Waals surface area contributed by atoms with Crippen LogP contribution in [0.4, 0.5) is 0 Å². The molecule has 0 fully saturated rings. The van der Waals surface area contributed by atoms with Crippen molar-refractivity contribution in [1.29, 1.82) is 0 Å². The van der Waals surface area contributed by atoms with Gasteiger partial charge in [-0.25, -0.2) is 0 Å². The van der Waals surface area contributed by atoms with Gasteiger partial charge in [-0.1, -0.05) is 48.5 Å². The number of nitrogens with two attached hydrogens (primary N) is 1. The summed E-state index contributed by atoms with van der Waals surface area (Å²) in [6, 6.07) is 16.4. The zero-order chi connectivity index (χ0) is 18.5. The number of fused-ring (bicyclic) bond motifs is 1. The lowest BCUT2D eigenvalue weighted by molar-refractivity contribution is -0.122. The summed E-state index contributed by atoms with van der Waals surface area (Å²) in [6.07, 6.45) is 2.51. The van der Waals surface area contributed by atoms with Gasteiger partial charge in [0.1, 0.15) is 0 Å². The molecule has 0 saturated heterocycles. The zero-order valence-electron chi connectivity index (χ0n) is 14.3. The van der Waals surface area contributed by atoms with E-state index in [0.717, 1.165) is 22.0 Å². The predicted molar refractivity (Wildman–Crippen MR) is 102 cm³/mol. The first-order chi connectivity index (χ1) is 12.5. The summed E-state index contributed by atoms with van der Waals surface area (Å²) in [4.78, 5) is 15.6. The second kappa shape index (κ2) is 8.18. The Bertz CT molecular complexity index is 867. The van der Waals surface area contributed by atoms with Crippen LogP contribution in [0.15, 0.2) is 60.8 Å². The van der Waals surface area contributed by atoms with Crippen LogP contribution in [0.1, 0.15) is 11.1 Å². The molecule has 3 aromatic rings. The lowest BCUT2D eigenvalue weighted by Gasteiger charge is -2.20. The van der Waals surface area contributed by atoms with Crippen LogP contribution in [-0.4, -0.2) is 40.0 Å². The van der Waals surface area contributed by atoms with Crippen LogP contribution in [-0.2, 0) is 17.6 Å². The number of carbonyl (C=O) groups is 1. The van der Waals surface area contributed by atoms with Crippen LogP contribution < -0.4 is 11.1 Å². The molecule has 0 saturated carbocycles. The van der Waals surface area contributed by atoms with Crippen molar-refractivity contribution in [2.45, 2.75) is 24.8 Å². The van der Waals surface area contributed by atoms with Gasteiger partial charge in [-0.3, -0.25) is 4.79 Å². The monoisotopic (exact) mass is 351 g/mol. The standard InChI is InChI=1S/C19H22BN3O3/c21-16(11-14-12-22-17-9-5-4-8-15(14)17)19(24)23-18(20(25)26)10-13-6-2-1-3-7-13/h1-9,12,16,18,22,25-26H,10-11,21H2,(H,23,24)/t16-,18-/m0/s1. The van der Waals surface area contributed by atoms with Crippen molar-refractivity contribution < 1.29 is 14.8 Å². The molecule has 2 atom stereocenters. The molecule has 3 rings (SSSR count). The average Bonchev–Trinajstić information content (AvgIpc) is 3.05. The fourth-order valence-corrected chi connectivity index (χ4v) is 3.02. The van der Waals surface area contributed by atoms with Gasteiger partial charge in [-0.2, -0.15) is 0 Å². The quantitative estimate of drug-likeness (QED) is 0.405. The first-order valence-electron chi connectivity index (χ1n) is 8.55. The van der Waals surface area contributed by atoms with Gasteiger partial charge in [0, 0.05) is 17.1 Å². The maximum atomic E-state index is 12.4. The van der Waals surface area contributed by atoms with Gasteiger partial charge in [-0.15, -0.1) is 0 Å². The van der Waals surface area contributed by atoms with E-state index in [4.69, 9.17) is 5.73 Å². The van der Waals surface area contributed by atoms with E-state index in [0.29, 0.717) is 12.8 Å². The lowest BCUT2D eigenvalue weighted by atomic mass is 9.75. The molecule has 2 aromatic carbocycles. The number of H-pyrrole nitrogens is 1. The molecule has 0 unspecified atom stereocenters. The summed E-state index contributed by atoms with van der Waals surface area (Å²) in [5.41, 5.74) is 8.89. The molecule has 0 bridgehead atoms. The van der Waals surface area contributed by atoms with E-state index in [-0.39, 0.29) is 0 Å². The van der Waals surface area contributed by atoms with E-state index in [1.807, 2.05) is 60.8 Å². The van der Waals surface area contributed by atoms with Crippen LogP contribution in [0.3, 0.4) is 0 Å². The van der Waals surface area contributed by atoms with Gasteiger partial charge in [0.15, 0.2) is 0 Å². The molecule has 134 valence electrons. The zero-order valence-corrected chi connectivity index (χ0v) is 14.3. The van der Waals surface area contributed by atoms with Crippen LogP contribution in [0.2, 0.25) is 0 Å². The van der Waals surface area contributed by atoms with Crippen LogP contribution in [0, 0.1) is 0 Å². The number of hydrogen-bond acceptors (Lipinski definition) is 4. The molecule has 1 aromatic heterocycles. The van der Waals surface area contributed by atoms with E-state index < -0.39 is 25.0 Å². The van der Waals surface area contributed by atoms with E-state index in [1.165, 1.54) is 0 Å². The minimum Gasteiger partial charge on any atom is -0.426 e. The molecule has 0 aliphatic carbocycles. The number of rotatable bonds is 7. The van der Waals surface area contributed by atoms with E-state index in [2.05, 4.69) is 10.3 Å². The summed E-state index contributed by atoms with van der Waals surface area (Å²) in [5.74, 6) is -1.23. The molecule has 6 N–H and O–H groups in total. The Morgan fingerprint density at radius 1 is 1.08 bits per heavy atom. The summed E-state index contributed by atoms with van der Waals surface area (Å²) in [6.45, 7) is 0. The van der Waals surface area contributed by atoms with Gasteiger partial charge in [-0.05, 0) is 30.0 Å². The topological polar surface area (TPSA) is 111 Å². The second-order valence-corrected chi connectivity index (χ2v) is 6.39. The lowest BCUT2D eigenvalue weighted by Crippen LogP contribution is -2.53. The highest BCUT2D eigenvalue weighted by Gasteiger charge is 2.27. The first-order valence-corrected chi connectivity index (χ1v) is 8.55. The molecule has 0 spiro atoms. The number of para-hydroxylation sites is 1. The number of nitrogens with one attached hydrogen (secondary N) is 2. The predicted octanol–water partition coefficient (Wildman–Crippen LogP) is 0.777. The Labute approximate surface area is 152 Å². The van der Waals surface area contributed by atoms with Crippen molar-refractivity contribution >= 4 is 23.9 Å². The van der Waals surface area contributed by atoms with Crippen molar-refractivity contribution in [3.63, 3.8) is 0 Å². The summed E-state index contributed by atoms with van der Waals surface area (Å²) >= 11 is 0. The Morgan fingerprint density at radius 3 is 2.50 bits per heavy atom. The maximum absolute atomic E-state index is 12.4. The largest absolute Gasteiger partial charge is 0.475 e. The number of carbonyl (C=O) groups excluding carboxylic acids is 1. The van der Waals surface area contributed by atoms with E-state index in [1.54, 1.807) is 0 Å². The number of aromatic amines is 1. The molecule has 7 heteroatoms. The van der Waals surface area contributed by atoms with Crippen molar-refractivity contribution in [1.82, 2.24) is 10.3 Å². The van der Waals surface area contributed by atoms with Crippen LogP contribution in [0.5, 0.6) is 0 Å². The highest BCUT2D eigenvalue weighted by molar-refractivity contribution is 6.43.